The van der Waals surface area contributed by atoms with Crippen molar-refractivity contribution in [2.24, 2.45) is 14.1 Å². The molecule has 1 N–H and O–H groups in total. The zero-order chi connectivity index (χ0) is 20.4. The van der Waals surface area contributed by atoms with Crippen molar-refractivity contribution in [2.45, 2.75) is 19.4 Å². The molecular weight excluding hydrogens is 386 g/mol. The Morgan fingerprint density at radius 3 is 2.71 bits per heavy atom. The third-order valence-corrected chi connectivity index (χ3v) is 4.69. The summed E-state index contributed by atoms with van der Waals surface area (Å²) in [6.07, 6.45) is 2.21. The molecule has 10 heteroatoms. The topological polar surface area (TPSA) is 100 Å². The van der Waals surface area contributed by atoms with Crippen LogP contribution in [-0.4, -0.2) is 31.7 Å². The summed E-state index contributed by atoms with van der Waals surface area (Å²) in [5.74, 6) is 0.313. The molecule has 0 bridgehead atoms. The monoisotopic (exact) mass is 405 g/mol. The van der Waals surface area contributed by atoms with Gasteiger partial charge in [-0.15, -0.1) is 0 Å². The molecule has 1 aromatic carbocycles. The van der Waals surface area contributed by atoms with Gasteiger partial charge in [0.15, 0.2) is 11.2 Å². The van der Waals surface area contributed by atoms with Crippen LogP contribution in [0.5, 0.6) is 5.75 Å². The molecular formula is C18H20ClN5O4. The van der Waals surface area contributed by atoms with Gasteiger partial charge in [-0.1, -0.05) is 11.6 Å². The molecule has 28 heavy (non-hydrogen) atoms. The lowest BCUT2D eigenvalue weighted by Gasteiger charge is -2.11. The Balaban J connectivity index is 1.71. The van der Waals surface area contributed by atoms with Crippen molar-refractivity contribution in [2.75, 3.05) is 12.4 Å². The minimum absolute atomic E-state index is 0.203. The summed E-state index contributed by atoms with van der Waals surface area (Å²) in [5, 5.41) is 3.26. The zero-order valence-electron chi connectivity index (χ0n) is 15.7. The summed E-state index contributed by atoms with van der Waals surface area (Å²) >= 11 is 5.96. The molecule has 0 radical (unpaired) electrons. The van der Waals surface area contributed by atoms with Crippen LogP contribution in [0.1, 0.15) is 12.8 Å². The van der Waals surface area contributed by atoms with Crippen molar-refractivity contribution in [3.63, 3.8) is 0 Å². The maximum Gasteiger partial charge on any atom is 0.332 e. The summed E-state index contributed by atoms with van der Waals surface area (Å²) < 4.78 is 9.23. The zero-order valence-corrected chi connectivity index (χ0v) is 16.5. The lowest BCUT2D eigenvalue weighted by Crippen LogP contribution is -2.37. The number of nitrogens with zero attached hydrogens (tertiary/aromatic N) is 4. The van der Waals surface area contributed by atoms with Crippen LogP contribution >= 0.6 is 11.6 Å². The van der Waals surface area contributed by atoms with Gasteiger partial charge in [0.05, 0.1) is 19.1 Å². The molecule has 0 saturated heterocycles. The lowest BCUT2D eigenvalue weighted by molar-refractivity contribution is -0.116. The number of carbonyl (C=O) groups is 1. The van der Waals surface area contributed by atoms with Gasteiger partial charge in [0.2, 0.25) is 5.91 Å². The molecule has 0 aliphatic heterocycles. The number of carbonyl (C=O) groups excluding carboxylic acids is 1. The Bertz CT molecular complexity index is 1160. The Morgan fingerprint density at radius 2 is 2.00 bits per heavy atom. The number of rotatable bonds is 6. The molecule has 1 amide bonds. The molecule has 148 valence electrons. The number of benzene rings is 1. The number of methoxy groups -OCH3 is 1. The van der Waals surface area contributed by atoms with Crippen molar-refractivity contribution < 1.29 is 9.53 Å². The molecule has 9 nitrogen and oxygen atoms in total. The van der Waals surface area contributed by atoms with E-state index in [2.05, 4.69) is 10.3 Å². The number of aromatic nitrogens is 4. The first-order valence-electron chi connectivity index (χ1n) is 8.57. The molecule has 0 fully saturated rings. The van der Waals surface area contributed by atoms with Gasteiger partial charge in [-0.25, -0.2) is 9.78 Å². The van der Waals surface area contributed by atoms with E-state index < -0.39 is 11.2 Å². The molecule has 2 heterocycles. The average Bonchev–Trinajstić information content (AvgIpc) is 3.09. The molecule has 0 aliphatic rings. The standard InChI is InChI=1S/C18H20ClN5O4/c1-22-16-15(17(26)23(2)18(22)27)24(10-20-16)8-4-5-14(25)21-12-9-11(19)6-7-13(12)28-3/h6-7,9-10H,4-5,8H2,1-3H3,(H,21,25). The van der Waals surface area contributed by atoms with E-state index in [1.54, 1.807) is 29.8 Å². The van der Waals surface area contributed by atoms with Crippen LogP contribution in [0, 0.1) is 0 Å². The van der Waals surface area contributed by atoms with Crippen LogP contribution in [0.3, 0.4) is 0 Å². The predicted octanol–water partition coefficient (Wildman–Crippen LogP) is 1.51. The van der Waals surface area contributed by atoms with Gasteiger partial charge in [-0.3, -0.25) is 18.7 Å². The number of halogens is 1. The minimum atomic E-state index is -0.433. The Hall–Kier alpha value is -3.07. The van der Waals surface area contributed by atoms with Crippen molar-refractivity contribution in [1.82, 2.24) is 18.7 Å². The fourth-order valence-corrected chi connectivity index (χ4v) is 3.14. The number of anilines is 1. The fourth-order valence-electron chi connectivity index (χ4n) is 2.97. The van der Waals surface area contributed by atoms with E-state index in [0.29, 0.717) is 40.6 Å². The number of amides is 1. The number of hydrogen-bond donors (Lipinski definition) is 1. The second-order valence-corrected chi connectivity index (χ2v) is 6.75. The second kappa shape index (κ2) is 7.89. The van der Waals surface area contributed by atoms with Gasteiger partial charge in [-0.2, -0.15) is 0 Å². The van der Waals surface area contributed by atoms with Crippen LogP contribution in [0.2, 0.25) is 5.02 Å². The third-order valence-electron chi connectivity index (χ3n) is 4.46. The second-order valence-electron chi connectivity index (χ2n) is 6.31. The van der Waals surface area contributed by atoms with Gasteiger partial charge in [0.1, 0.15) is 5.75 Å². The number of ether oxygens (including phenoxy) is 1. The largest absolute Gasteiger partial charge is 0.495 e. The molecule has 0 atom stereocenters. The average molecular weight is 406 g/mol. The number of imidazole rings is 1. The molecule has 0 unspecified atom stereocenters. The van der Waals surface area contributed by atoms with E-state index in [4.69, 9.17) is 16.3 Å². The van der Waals surface area contributed by atoms with Crippen LogP contribution < -0.4 is 21.3 Å². The predicted molar refractivity (Wildman–Crippen MR) is 106 cm³/mol. The maximum atomic E-state index is 12.4. The van der Waals surface area contributed by atoms with Crippen molar-refractivity contribution in [3.8, 4) is 5.75 Å². The van der Waals surface area contributed by atoms with Crippen molar-refractivity contribution in [1.29, 1.82) is 0 Å². The summed E-state index contributed by atoms with van der Waals surface area (Å²) in [6.45, 7) is 0.407. The van der Waals surface area contributed by atoms with E-state index in [1.807, 2.05) is 0 Å². The highest BCUT2D eigenvalue weighted by molar-refractivity contribution is 6.31. The van der Waals surface area contributed by atoms with E-state index in [9.17, 15) is 14.4 Å². The first-order chi connectivity index (χ1) is 13.3. The van der Waals surface area contributed by atoms with Gasteiger partial charge < -0.3 is 14.6 Å². The molecule has 0 spiro atoms. The molecule has 3 aromatic rings. The molecule has 0 saturated carbocycles. The van der Waals surface area contributed by atoms with Crippen molar-refractivity contribution in [3.05, 3.63) is 50.4 Å². The highest BCUT2D eigenvalue weighted by Crippen LogP contribution is 2.27. The Kier molecular flexibility index (Phi) is 5.55. The summed E-state index contributed by atoms with van der Waals surface area (Å²) in [4.78, 5) is 40.8. The minimum Gasteiger partial charge on any atom is -0.495 e. The van der Waals surface area contributed by atoms with Crippen LogP contribution in [-0.2, 0) is 25.4 Å². The number of fused-ring (bicyclic) bond motifs is 1. The van der Waals surface area contributed by atoms with Gasteiger partial charge in [-0.05, 0) is 24.6 Å². The number of hydrogen-bond acceptors (Lipinski definition) is 5. The van der Waals surface area contributed by atoms with E-state index in [-0.39, 0.29) is 12.3 Å². The normalized spacial score (nSPS) is 11.0. The third kappa shape index (κ3) is 3.65. The van der Waals surface area contributed by atoms with E-state index in [1.165, 1.54) is 25.1 Å². The fraction of sp³-hybridized carbons (Fsp3) is 0.333. The summed E-state index contributed by atoms with van der Waals surface area (Å²) in [5.41, 5.74) is 0.306. The van der Waals surface area contributed by atoms with Gasteiger partial charge in [0.25, 0.3) is 5.56 Å². The van der Waals surface area contributed by atoms with Crippen LogP contribution in [0.15, 0.2) is 34.1 Å². The first-order valence-corrected chi connectivity index (χ1v) is 8.95. The van der Waals surface area contributed by atoms with E-state index >= 15 is 0 Å². The molecule has 3 rings (SSSR count). The number of aryl methyl sites for hydroxylation is 2. The maximum absolute atomic E-state index is 12.4. The van der Waals surface area contributed by atoms with Crippen LogP contribution in [0.25, 0.3) is 11.2 Å². The van der Waals surface area contributed by atoms with Crippen molar-refractivity contribution >= 4 is 34.4 Å². The smallest absolute Gasteiger partial charge is 0.332 e. The van der Waals surface area contributed by atoms with Gasteiger partial charge >= 0.3 is 5.69 Å². The highest BCUT2D eigenvalue weighted by atomic mass is 35.5. The molecule has 2 aromatic heterocycles. The quantitative estimate of drug-likeness (QED) is 0.670. The Morgan fingerprint density at radius 1 is 1.25 bits per heavy atom. The summed E-state index contributed by atoms with van der Waals surface area (Å²) in [7, 11) is 4.50. The van der Waals surface area contributed by atoms with E-state index in [0.717, 1.165) is 4.57 Å². The van der Waals surface area contributed by atoms with Crippen LogP contribution in [0.4, 0.5) is 5.69 Å². The Labute approximate surface area is 165 Å². The number of nitrogens with one attached hydrogen (secondary N) is 1. The highest BCUT2D eigenvalue weighted by Gasteiger charge is 2.14. The molecule has 0 aliphatic carbocycles. The lowest BCUT2D eigenvalue weighted by atomic mass is 10.2. The SMILES string of the molecule is COc1ccc(Cl)cc1NC(=O)CCCn1cnc2c1c(=O)n(C)c(=O)n2C. The first kappa shape index (κ1) is 19.7. The summed E-state index contributed by atoms with van der Waals surface area (Å²) in [6, 6.07) is 4.97. The van der Waals surface area contributed by atoms with Gasteiger partial charge in [0, 0.05) is 32.1 Å².